The first kappa shape index (κ1) is 14.3. The van der Waals surface area contributed by atoms with Crippen LogP contribution in [0.4, 0.5) is 0 Å². The molecule has 2 unspecified atom stereocenters. The summed E-state index contributed by atoms with van der Waals surface area (Å²) in [5.41, 5.74) is 5.95. The monoisotopic (exact) mass is 254 g/mol. The van der Waals surface area contributed by atoms with E-state index >= 15 is 0 Å². The van der Waals surface area contributed by atoms with Gasteiger partial charge in [0.15, 0.2) is 0 Å². The Bertz CT molecular complexity index is 231. The Kier molecular flexibility index (Phi) is 5.93. The van der Waals surface area contributed by atoms with Gasteiger partial charge in [-0.15, -0.1) is 0 Å². The van der Waals surface area contributed by atoms with Gasteiger partial charge in [0.1, 0.15) is 0 Å². The quantitative estimate of drug-likeness (QED) is 0.559. The SMILES string of the molecule is CN(CCOCC1CC1)C1CCCCCC1CN. The summed E-state index contributed by atoms with van der Waals surface area (Å²) >= 11 is 0. The largest absolute Gasteiger partial charge is 0.380 e. The Morgan fingerprint density at radius 1 is 1.11 bits per heavy atom. The number of hydrogen-bond acceptors (Lipinski definition) is 3. The standard InChI is InChI=1S/C15H30N2O/c1-17(9-10-18-12-13-7-8-13)15-6-4-2-3-5-14(15)11-16/h13-15H,2-12,16H2,1H3. The lowest BCUT2D eigenvalue weighted by Crippen LogP contribution is -2.42. The maximum atomic E-state index is 5.95. The van der Waals surface area contributed by atoms with E-state index in [9.17, 15) is 0 Å². The molecule has 0 aromatic rings. The van der Waals surface area contributed by atoms with E-state index < -0.39 is 0 Å². The number of hydrogen-bond donors (Lipinski definition) is 1. The van der Waals surface area contributed by atoms with Gasteiger partial charge in [0, 0.05) is 19.2 Å². The van der Waals surface area contributed by atoms with Gasteiger partial charge in [0.2, 0.25) is 0 Å². The molecule has 2 saturated carbocycles. The molecule has 106 valence electrons. The van der Waals surface area contributed by atoms with Crippen LogP contribution in [0.25, 0.3) is 0 Å². The highest BCUT2D eigenvalue weighted by Crippen LogP contribution is 2.29. The van der Waals surface area contributed by atoms with Crippen LogP contribution >= 0.6 is 0 Å². The summed E-state index contributed by atoms with van der Waals surface area (Å²) in [6.07, 6.45) is 9.52. The van der Waals surface area contributed by atoms with Gasteiger partial charge >= 0.3 is 0 Å². The van der Waals surface area contributed by atoms with E-state index in [4.69, 9.17) is 10.5 Å². The molecule has 2 atom stereocenters. The number of likely N-dealkylation sites (N-methyl/N-ethyl adjacent to an activating group) is 1. The molecular weight excluding hydrogens is 224 g/mol. The van der Waals surface area contributed by atoms with Gasteiger partial charge in [0.05, 0.1) is 6.61 Å². The molecule has 2 aliphatic carbocycles. The van der Waals surface area contributed by atoms with Crippen molar-refractivity contribution < 1.29 is 4.74 Å². The molecule has 0 saturated heterocycles. The summed E-state index contributed by atoms with van der Waals surface area (Å²) < 4.78 is 5.75. The van der Waals surface area contributed by atoms with Crippen molar-refractivity contribution in [1.29, 1.82) is 0 Å². The Morgan fingerprint density at radius 3 is 2.61 bits per heavy atom. The van der Waals surface area contributed by atoms with E-state index in [2.05, 4.69) is 11.9 Å². The highest BCUT2D eigenvalue weighted by atomic mass is 16.5. The predicted molar refractivity (Wildman–Crippen MR) is 75.6 cm³/mol. The van der Waals surface area contributed by atoms with Crippen molar-refractivity contribution in [2.45, 2.75) is 51.0 Å². The zero-order valence-electron chi connectivity index (χ0n) is 11.9. The molecule has 3 nitrogen and oxygen atoms in total. The van der Waals surface area contributed by atoms with Gasteiger partial charge in [-0.1, -0.05) is 19.3 Å². The summed E-state index contributed by atoms with van der Waals surface area (Å²) in [7, 11) is 2.25. The van der Waals surface area contributed by atoms with Gasteiger partial charge in [-0.3, -0.25) is 0 Å². The van der Waals surface area contributed by atoms with Crippen LogP contribution in [0.2, 0.25) is 0 Å². The third-order valence-corrected chi connectivity index (χ3v) is 4.63. The van der Waals surface area contributed by atoms with Crippen LogP contribution < -0.4 is 5.73 Å². The summed E-state index contributed by atoms with van der Waals surface area (Å²) in [5, 5.41) is 0. The fraction of sp³-hybridized carbons (Fsp3) is 1.00. The molecule has 0 aromatic heterocycles. The second-order valence-corrected chi connectivity index (χ2v) is 6.20. The second-order valence-electron chi connectivity index (χ2n) is 6.20. The number of nitrogens with zero attached hydrogens (tertiary/aromatic N) is 1. The van der Waals surface area contributed by atoms with E-state index in [1.54, 1.807) is 0 Å². The van der Waals surface area contributed by atoms with E-state index in [0.717, 1.165) is 32.2 Å². The third-order valence-electron chi connectivity index (χ3n) is 4.63. The third kappa shape index (κ3) is 4.52. The van der Waals surface area contributed by atoms with Gasteiger partial charge in [-0.05, 0) is 51.1 Å². The molecule has 18 heavy (non-hydrogen) atoms. The summed E-state index contributed by atoms with van der Waals surface area (Å²) in [4.78, 5) is 2.50. The van der Waals surface area contributed by atoms with Gasteiger partial charge < -0.3 is 15.4 Å². The smallest absolute Gasteiger partial charge is 0.0593 e. The van der Waals surface area contributed by atoms with Crippen molar-refractivity contribution in [1.82, 2.24) is 4.90 Å². The molecule has 0 bridgehead atoms. The average Bonchev–Trinajstić information content (AvgIpc) is 3.20. The Labute approximate surface area is 112 Å². The van der Waals surface area contributed by atoms with Crippen molar-refractivity contribution in [3.8, 4) is 0 Å². The molecule has 0 aliphatic heterocycles. The first-order chi connectivity index (χ1) is 8.81. The summed E-state index contributed by atoms with van der Waals surface area (Å²) in [6.45, 7) is 3.78. The number of ether oxygens (including phenoxy) is 1. The molecule has 0 spiro atoms. The lowest BCUT2D eigenvalue weighted by Gasteiger charge is -2.33. The minimum absolute atomic E-state index is 0.682. The minimum Gasteiger partial charge on any atom is -0.380 e. The molecule has 2 aliphatic rings. The molecule has 0 radical (unpaired) electrons. The van der Waals surface area contributed by atoms with Crippen molar-refractivity contribution >= 4 is 0 Å². The van der Waals surface area contributed by atoms with E-state index in [1.807, 2.05) is 0 Å². The molecule has 0 heterocycles. The van der Waals surface area contributed by atoms with Crippen molar-refractivity contribution in [3.63, 3.8) is 0 Å². The molecule has 0 aromatic carbocycles. The first-order valence-electron chi connectivity index (χ1n) is 7.79. The molecule has 2 rings (SSSR count). The van der Waals surface area contributed by atoms with Crippen LogP contribution in [-0.2, 0) is 4.74 Å². The number of rotatable bonds is 7. The molecule has 2 N–H and O–H groups in total. The molecular formula is C15H30N2O. The van der Waals surface area contributed by atoms with Crippen molar-refractivity contribution in [2.75, 3.05) is 33.4 Å². The lowest BCUT2D eigenvalue weighted by atomic mass is 9.94. The van der Waals surface area contributed by atoms with Gasteiger partial charge in [-0.2, -0.15) is 0 Å². The number of nitrogens with two attached hydrogens (primary N) is 1. The van der Waals surface area contributed by atoms with E-state index in [1.165, 1.54) is 44.9 Å². The Balaban J connectivity index is 1.68. The molecule has 3 heteroatoms. The van der Waals surface area contributed by atoms with Crippen LogP contribution in [0.3, 0.4) is 0 Å². The molecule has 0 amide bonds. The summed E-state index contributed by atoms with van der Waals surface area (Å²) in [5.74, 6) is 1.57. The summed E-state index contributed by atoms with van der Waals surface area (Å²) in [6, 6.07) is 0.682. The van der Waals surface area contributed by atoms with E-state index in [-0.39, 0.29) is 0 Å². The van der Waals surface area contributed by atoms with Crippen molar-refractivity contribution in [2.24, 2.45) is 17.6 Å². The fourth-order valence-corrected chi connectivity index (χ4v) is 3.13. The van der Waals surface area contributed by atoms with Crippen molar-refractivity contribution in [3.05, 3.63) is 0 Å². The van der Waals surface area contributed by atoms with Crippen LogP contribution in [-0.4, -0.2) is 44.3 Å². The first-order valence-corrected chi connectivity index (χ1v) is 7.79. The molecule has 2 fully saturated rings. The second kappa shape index (κ2) is 7.46. The average molecular weight is 254 g/mol. The van der Waals surface area contributed by atoms with Crippen LogP contribution in [0.15, 0.2) is 0 Å². The van der Waals surface area contributed by atoms with Crippen LogP contribution in [0.1, 0.15) is 44.9 Å². The highest BCUT2D eigenvalue weighted by Gasteiger charge is 2.26. The maximum absolute atomic E-state index is 5.95. The normalized spacial score (nSPS) is 29.5. The zero-order chi connectivity index (χ0) is 12.8. The van der Waals surface area contributed by atoms with Gasteiger partial charge in [-0.25, -0.2) is 0 Å². The minimum atomic E-state index is 0.682. The Hall–Kier alpha value is -0.120. The Morgan fingerprint density at radius 2 is 1.89 bits per heavy atom. The van der Waals surface area contributed by atoms with Crippen LogP contribution in [0, 0.1) is 11.8 Å². The van der Waals surface area contributed by atoms with E-state index in [0.29, 0.717) is 12.0 Å². The maximum Gasteiger partial charge on any atom is 0.0593 e. The van der Waals surface area contributed by atoms with Gasteiger partial charge in [0.25, 0.3) is 0 Å². The highest BCUT2D eigenvalue weighted by molar-refractivity contribution is 4.81. The zero-order valence-corrected chi connectivity index (χ0v) is 11.9. The fourth-order valence-electron chi connectivity index (χ4n) is 3.13. The van der Waals surface area contributed by atoms with Crippen LogP contribution in [0.5, 0.6) is 0 Å². The predicted octanol–water partition coefficient (Wildman–Crippen LogP) is 2.25. The topological polar surface area (TPSA) is 38.5 Å². The lowest BCUT2D eigenvalue weighted by molar-refractivity contribution is 0.0777.